The van der Waals surface area contributed by atoms with Gasteiger partial charge in [0.2, 0.25) is 0 Å². The fourth-order valence-corrected chi connectivity index (χ4v) is 2.02. The summed E-state index contributed by atoms with van der Waals surface area (Å²) in [5, 5.41) is 0. The lowest BCUT2D eigenvalue weighted by Gasteiger charge is -2.12. The molecule has 0 saturated carbocycles. The van der Waals surface area contributed by atoms with Gasteiger partial charge in [0.25, 0.3) is 0 Å². The topological polar surface area (TPSA) is 15.6 Å². The van der Waals surface area contributed by atoms with Crippen molar-refractivity contribution in [1.29, 1.82) is 0 Å². The second-order valence-electron chi connectivity index (χ2n) is 3.68. The highest BCUT2D eigenvalue weighted by Gasteiger charge is 2.17. The highest BCUT2D eigenvalue weighted by Crippen LogP contribution is 2.19. The van der Waals surface area contributed by atoms with E-state index in [1.165, 1.54) is 17.0 Å². The molecule has 0 unspecified atom stereocenters. The molecule has 0 radical (unpaired) electrons. The lowest BCUT2D eigenvalue weighted by atomic mass is 10.1. The average Bonchev–Trinajstić information content (AvgIpc) is 2.58. The summed E-state index contributed by atoms with van der Waals surface area (Å²) in [7, 11) is 0. The molecule has 70 valence electrons. The molecule has 0 aliphatic carbocycles. The smallest absolute Gasteiger partial charge is 0.107 e. The van der Waals surface area contributed by atoms with E-state index in [0.29, 0.717) is 0 Å². The Morgan fingerprint density at radius 1 is 1.21 bits per heavy atom. The quantitative estimate of drug-likeness (QED) is 0.601. The van der Waals surface area contributed by atoms with Gasteiger partial charge in [-0.1, -0.05) is 24.3 Å². The Hall–Kier alpha value is -1.57. The van der Waals surface area contributed by atoms with Crippen molar-refractivity contribution in [3.63, 3.8) is 0 Å². The van der Waals surface area contributed by atoms with E-state index in [0.717, 1.165) is 19.5 Å². The normalized spacial score (nSPS) is 18.6. The van der Waals surface area contributed by atoms with Crippen LogP contribution in [0.2, 0.25) is 0 Å². The molecule has 0 amide bonds. The van der Waals surface area contributed by atoms with E-state index in [2.05, 4.69) is 46.4 Å². The van der Waals surface area contributed by atoms with Crippen molar-refractivity contribution in [3.05, 3.63) is 41.6 Å². The van der Waals surface area contributed by atoms with Crippen molar-refractivity contribution in [2.75, 3.05) is 13.1 Å². The maximum atomic E-state index is 4.51. The zero-order chi connectivity index (χ0) is 9.38. The molecule has 2 nitrogen and oxygen atoms in total. The highest BCUT2D eigenvalue weighted by molar-refractivity contribution is 5.89. The molecule has 2 aliphatic heterocycles. The second-order valence-corrected chi connectivity index (χ2v) is 3.68. The van der Waals surface area contributed by atoms with Crippen LogP contribution >= 0.6 is 0 Å². The van der Waals surface area contributed by atoms with Crippen LogP contribution in [-0.4, -0.2) is 23.8 Å². The molecule has 3 rings (SSSR count). The highest BCUT2D eigenvalue weighted by atomic mass is 15.2. The monoisotopic (exact) mass is 184 g/mol. The van der Waals surface area contributed by atoms with Crippen molar-refractivity contribution >= 4 is 11.9 Å². The van der Waals surface area contributed by atoms with E-state index in [9.17, 15) is 0 Å². The average molecular weight is 184 g/mol. The minimum atomic E-state index is 0.946. The number of fused-ring (bicyclic) bond motifs is 2. The van der Waals surface area contributed by atoms with Gasteiger partial charge in [0.15, 0.2) is 0 Å². The van der Waals surface area contributed by atoms with Gasteiger partial charge < -0.3 is 4.90 Å². The molecule has 2 heteroatoms. The van der Waals surface area contributed by atoms with Crippen LogP contribution in [0.3, 0.4) is 0 Å². The first-order valence-corrected chi connectivity index (χ1v) is 4.99. The number of aliphatic imine (C=N–C) groups is 1. The van der Waals surface area contributed by atoms with Crippen molar-refractivity contribution in [2.24, 2.45) is 4.99 Å². The molecule has 0 atom stereocenters. The van der Waals surface area contributed by atoms with Gasteiger partial charge in [0, 0.05) is 19.2 Å². The Kier molecular flexibility index (Phi) is 1.66. The molecule has 0 spiro atoms. The number of hydrogen-bond donors (Lipinski definition) is 0. The Labute approximate surface area is 83.6 Å². The van der Waals surface area contributed by atoms with Crippen LogP contribution in [0.4, 0.5) is 0 Å². The van der Waals surface area contributed by atoms with Crippen LogP contribution in [0.1, 0.15) is 11.1 Å². The predicted molar refractivity (Wildman–Crippen MR) is 58.2 cm³/mol. The molecule has 1 aromatic rings. The third-order valence-corrected chi connectivity index (χ3v) is 2.80. The van der Waals surface area contributed by atoms with Crippen molar-refractivity contribution in [1.82, 2.24) is 4.90 Å². The van der Waals surface area contributed by atoms with E-state index in [-0.39, 0.29) is 0 Å². The van der Waals surface area contributed by atoms with Crippen LogP contribution < -0.4 is 0 Å². The molecular weight excluding hydrogens is 172 g/mol. The molecule has 0 N–H and O–H groups in total. The Morgan fingerprint density at radius 2 is 2.14 bits per heavy atom. The van der Waals surface area contributed by atoms with Crippen molar-refractivity contribution < 1.29 is 0 Å². The first kappa shape index (κ1) is 7.80. The Bertz CT molecular complexity index is 418. The minimum absolute atomic E-state index is 0.946. The summed E-state index contributed by atoms with van der Waals surface area (Å²) in [5.74, 6) is 1.21. The van der Waals surface area contributed by atoms with Crippen molar-refractivity contribution in [3.8, 4) is 0 Å². The second kappa shape index (κ2) is 2.98. The van der Waals surface area contributed by atoms with Gasteiger partial charge >= 0.3 is 0 Å². The van der Waals surface area contributed by atoms with Gasteiger partial charge in [0.1, 0.15) is 5.84 Å². The summed E-state index contributed by atoms with van der Waals surface area (Å²) >= 11 is 0. The third kappa shape index (κ3) is 1.15. The third-order valence-electron chi connectivity index (χ3n) is 2.80. The maximum Gasteiger partial charge on any atom is 0.107 e. The molecule has 14 heavy (non-hydrogen) atoms. The zero-order valence-electron chi connectivity index (χ0n) is 7.98. The minimum Gasteiger partial charge on any atom is -0.335 e. The summed E-state index contributed by atoms with van der Waals surface area (Å²) in [5.41, 5.74) is 2.71. The summed E-state index contributed by atoms with van der Waals surface area (Å²) in [6, 6.07) is 8.53. The lowest BCUT2D eigenvalue weighted by molar-refractivity contribution is 0.608. The van der Waals surface area contributed by atoms with Gasteiger partial charge in [-0.25, -0.2) is 0 Å². The Morgan fingerprint density at radius 3 is 3.14 bits per heavy atom. The summed E-state index contributed by atoms with van der Waals surface area (Å²) in [6.45, 7) is 1.99. The number of rotatable bonds is 0. The SMILES string of the molecule is C1=CN2CCN=C2Cc2ccccc21. The fraction of sp³-hybridized carbons (Fsp3) is 0.250. The largest absolute Gasteiger partial charge is 0.335 e. The van der Waals surface area contributed by atoms with E-state index < -0.39 is 0 Å². The molecule has 0 fully saturated rings. The van der Waals surface area contributed by atoms with Gasteiger partial charge in [-0.3, -0.25) is 4.99 Å². The number of hydrogen-bond acceptors (Lipinski definition) is 2. The van der Waals surface area contributed by atoms with Gasteiger partial charge in [-0.15, -0.1) is 0 Å². The van der Waals surface area contributed by atoms with Crippen LogP contribution in [-0.2, 0) is 6.42 Å². The number of benzene rings is 1. The number of amidine groups is 1. The van der Waals surface area contributed by atoms with Crippen LogP contribution in [0.15, 0.2) is 35.5 Å². The first-order valence-electron chi connectivity index (χ1n) is 4.99. The van der Waals surface area contributed by atoms with Gasteiger partial charge in [-0.05, 0) is 17.2 Å². The summed E-state index contributed by atoms with van der Waals surface area (Å²) < 4.78 is 0. The van der Waals surface area contributed by atoms with Crippen LogP contribution in [0.5, 0.6) is 0 Å². The zero-order valence-corrected chi connectivity index (χ0v) is 7.98. The summed E-state index contributed by atoms with van der Waals surface area (Å²) in [4.78, 5) is 6.76. The standard InChI is InChI=1S/C12H12N2/c1-2-4-11-9-12-13-6-8-14(12)7-5-10(11)3-1/h1-5,7H,6,8-9H2. The van der Waals surface area contributed by atoms with Crippen LogP contribution in [0, 0.1) is 0 Å². The molecule has 0 bridgehead atoms. The molecule has 0 aromatic heterocycles. The van der Waals surface area contributed by atoms with E-state index >= 15 is 0 Å². The van der Waals surface area contributed by atoms with Gasteiger partial charge in [0.05, 0.1) is 6.54 Å². The van der Waals surface area contributed by atoms with Crippen LogP contribution in [0.25, 0.3) is 6.08 Å². The van der Waals surface area contributed by atoms with E-state index in [4.69, 9.17) is 0 Å². The molecule has 2 heterocycles. The maximum absolute atomic E-state index is 4.51. The van der Waals surface area contributed by atoms with Gasteiger partial charge in [-0.2, -0.15) is 0 Å². The molecular formula is C12H12N2. The molecule has 2 aliphatic rings. The lowest BCUT2D eigenvalue weighted by Crippen LogP contribution is -2.22. The predicted octanol–water partition coefficient (Wildman–Crippen LogP) is 1.93. The molecule has 0 saturated heterocycles. The number of nitrogens with zero attached hydrogens (tertiary/aromatic N) is 2. The molecule has 1 aromatic carbocycles. The van der Waals surface area contributed by atoms with Crippen molar-refractivity contribution in [2.45, 2.75) is 6.42 Å². The summed E-state index contributed by atoms with van der Waals surface area (Å²) in [6.07, 6.45) is 5.31. The fourth-order valence-electron chi connectivity index (χ4n) is 2.02. The van der Waals surface area contributed by atoms with E-state index in [1.807, 2.05) is 0 Å². The Balaban J connectivity index is 2.08. The first-order chi connectivity index (χ1) is 6.93. The van der Waals surface area contributed by atoms with E-state index in [1.54, 1.807) is 0 Å².